The molecule has 3 N–H and O–H groups in total. The number of hydrogen-bond acceptors (Lipinski definition) is 4. The van der Waals surface area contributed by atoms with Crippen LogP contribution in [0.15, 0.2) is 36.5 Å². The zero-order valence-electron chi connectivity index (χ0n) is 9.93. The van der Waals surface area contributed by atoms with Crippen molar-refractivity contribution < 1.29 is 9.53 Å². The van der Waals surface area contributed by atoms with Crippen molar-refractivity contribution in [3.63, 3.8) is 0 Å². The number of carbonyl (C=O) groups is 1. The van der Waals surface area contributed by atoms with E-state index in [0.29, 0.717) is 24.4 Å². The van der Waals surface area contributed by atoms with Crippen molar-refractivity contribution in [2.45, 2.75) is 6.42 Å². The van der Waals surface area contributed by atoms with Crippen molar-refractivity contribution in [1.82, 2.24) is 10.3 Å². The van der Waals surface area contributed by atoms with Crippen molar-refractivity contribution in [3.05, 3.63) is 36.5 Å². The van der Waals surface area contributed by atoms with Crippen LogP contribution in [-0.2, 0) is 0 Å². The predicted molar refractivity (Wildman–Crippen MR) is 69.4 cm³/mol. The lowest BCUT2D eigenvalue weighted by Crippen LogP contribution is -2.28. The average Bonchev–Trinajstić information content (AvgIpc) is 2.39. The Hall–Kier alpha value is -2.14. The number of carbonyl (C=O) groups excluding carboxylic acids is 1. The summed E-state index contributed by atoms with van der Waals surface area (Å²) in [5.41, 5.74) is 6.01. The van der Waals surface area contributed by atoms with Gasteiger partial charge < -0.3 is 15.8 Å². The van der Waals surface area contributed by atoms with Gasteiger partial charge in [0.2, 0.25) is 0 Å². The van der Waals surface area contributed by atoms with Gasteiger partial charge in [-0.15, -0.1) is 0 Å². The molecule has 0 saturated heterocycles. The molecule has 0 spiro atoms. The van der Waals surface area contributed by atoms with Crippen LogP contribution in [0.1, 0.15) is 6.42 Å². The maximum absolute atomic E-state index is 11.5. The summed E-state index contributed by atoms with van der Waals surface area (Å²) in [6.45, 7) is 1.05. The molecule has 2 rings (SSSR count). The Morgan fingerprint density at radius 1 is 1.33 bits per heavy atom. The summed E-state index contributed by atoms with van der Waals surface area (Å²) in [6.07, 6.45) is 1.91. The van der Waals surface area contributed by atoms with Crippen LogP contribution in [-0.4, -0.2) is 24.2 Å². The molecule has 2 aromatic rings. The highest BCUT2D eigenvalue weighted by Crippen LogP contribution is 2.22. The minimum atomic E-state index is -0.485. The van der Waals surface area contributed by atoms with E-state index in [1.54, 1.807) is 12.3 Å². The number of rotatable bonds is 4. The SMILES string of the molecule is NCCCNC(=O)Oc1cccc2cccnc12. The summed E-state index contributed by atoms with van der Waals surface area (Å²) in [5, 5.41) is 3.56. The van der Waals surface area contributed by atoms with Crippen LogP contribution >= 0.6 is 0 Å². The summed E-state index contributed by atoms with van der Waals surface area (Å²) in [7, 11) is 0. The highest BCUT2D eigenvalue weighted by atomic mass is 16.6. The first-order valence-electron chi connectivity index (χ1n) is 5.81. The molecule has 5 heteroatoms. The summed E-state index contributed by atoms with van der Waals surface area (Å²) >= 11 is 0. The fraction of sp³-hybridized carbons (Fsp3) is 0.231. The first kappa shape index (κ1) is 12.3. The van der Waals surface area contributed by atoms with E-state index in [2.05, 4.69) is 10.3 Å². The van der Waals surface area contributed by atoms with Crippen LogP contribution < -0.4 is 15.8 Å². The maximum Gasteiger partial charge on any atom is 0.412 e. The first-order valence-corrected chi connectivity index (χ1v) is 5.81. The number of fused-ring (bicyclic) bond motifs is 1. The summed E-state index contributed by atoms with van der Waals surface area (Å²) in [4.78, 5) is 15.7. The zero-order chi connectivity index (χ0) is 12.8. The van der Waals surface area contributed by atoms with E-state index in [0.717, 1.165) is 11.8 Å². The van der Waals surface area contributed by atoms with Gasteiger partial charge in [0.05, 0.1) is 0 Å². The third kappa shape index (κ3) is 2.95. The number of nitrogens with two attached hydrogens (primary N) is 1. The van der Waals surface area contributed by atoms with Crippen molar-refractivity contribution >= 4 is 17.0 Å². The Morgan fingerprint density at radius 2 is 2.17 bits per heavy atom. The first-order chi connectivity index (χ1) is 8.81. The summed E-state index contributed by atoms with van der Waals surface area (Å²) in [5.74, 6) is 0.457. The predicted octanol–water partition coefficient (Wildman–Crippen LogP) is 1.67. The van der Waals surface area contributed by atoms with E-state index in [9.17, 15) is 4.79 Å². The van der Waals surface area contributed by atoms with Crippen LogP contribution in [0.3, 0.4) is 0 Å². The number of pyridine rings is 1. The lowest BCUT2D eigenvalue weighted by molar-refractivity contribution is 0.201. The Morgan fingerprint density at radius 3 is 3.00 bits per heavy atom. The van der Waals surface area contributed by atoms with Gasteiger partial charge >= 0.3 is 6.09 Å². The normalized spacial score (nSPS) is 10.3. The number of aromatic nitrogens is 1. The van der Waals surface area contributed by atoms with E-state index in [-0.39, 0.29) is 0 Å². The lowest BCUT2D eigenvalue weighted by atomic mass is 10.2. The van der Waals surface area contributed by atoms with Gasteiger partial charge in [0.15, 0.2) is 5.75 Å². The number of para-hydroxylation sites is 1. The molecule has 0 aliphatic heterocycles. The van der Waals surface area contributed by atoms with E-state index in [4.69, 9.17) is 10.5 Å². The van der Waals surface area contributed by atoms with Gasteiger partial charge in [0.25, 0.3) is 0 Å². The Balaban J connectivity index is 2.09. The molecule has 0 aliphatic carbocycles. The minimum Gasteiger partial charge on any atom is -0.408 e. The monoisotopic (exact) mass is 245 g/mol. The van der Waals surface area contributed by atoms with Gasteiger partial charge in [0, 0.05) is 18.1 Å². The second-order valence-corrected chi connectivity index (χ2v) is 3.79. The van der Waals surface area contributed by atoms with Crippen LogP contribution in [0.4, 0.5) is 4.79 Å². The highest BCUT2D eigenvalue weighted by Gasteiger charge is 2.07. The number of amides is 1. The van der Waals surface area contributed by atoms with Crippen LogP contribution in [0.25, 0.3) is 10.9 Å². The molecule has 5 nitrogen and oxygen atoms in total. The molecule has 1 aromatic carbocycles. The molecule has 18 heavy (non-hydrogen) atoms. The molecule has 0 atom stereocenters. The molecule has 0 bridgehead atoms. The maximum atomic E-state index is 11.5. The molecule has 1 heterocycles. The minimum absolute atomic E-state index is 0.457. The Labute approximate surface area is 105 Å². The third-order valence-electron chi connectivity index (χ3n) is 2.45. The second kappa shape index (κ2) is 5.97. The number of hydrogen-bond donors (Lipinski definition) is 2. The molecular formula is C13H15N3O2. The number of nitrogens with zero attached hydrogens (tertiary/aromatic N) is 1. The van der Waals surface area contributed by atoms with Crippen molar-refractivity contribution in [1.29, 1.82) is 0 Å². The average molecular weight is 245 g/mol. The Bertz CT molecular complexity index is 537. The van der Waals surface area contributed by atoms with Gasteiger partial charge in [-0.1, -0.05) is 18.2 Å². The molecule has 0 saturated carbocycles. The molecule has 0 fully saturated rings. The fourth-order valence-corrected chi connectivity index (χ4v) is 1.59. The standard InChI is InChI=1S/C13H15N3O2/c14-7-3-9-16-13(17)18-11-6-1-4-10-5-2-8-15-12(10)11/h1-2,4-6,8H,3,7,9,14H2,(H,16,17). The molecule has 1 aromatic heterocycles. The molecule has 0 radical (unpaired) electrons. The summed E-state index contributed by atoms with van der Waals surface area (Å²) < 4.78 is 5.22. The van der Waals surface area contributed by atoms with E-state index in [1.807, 2.05) is 24.3 Å². The molecule has 0 unspecified atom stereocenters. The van der Waals surface area contributed by atoms with E-state index in [1.165, 1.54) is 0 Å². The quantitative estimate of drug-likeness (QED) is 0.803. The number of ether oxygens (including phenoxy) is 1. The van der Waals surface area contributed by atoms with Gasteiger partial charge in [-0.25, -0.2) is 4.79 Å². The van der Waals surface area contributed by atoms with Crippen molar-refractivity contribution in [3.8, 4) is 5.75 Å². The smallest absolute Gasteiger partial charge is 0.408 e. The van der Waals surface area contributed by atoms with Gasteiger partial charge in [-0.05, 0) is 25.1 Å². The van der Waals surface area contributed by atoms with Crippen LogP contribution in [0.5, 0.6) is 5.75 Å². The number of benzene rings is 1. The molecule has 1 amide bonds. The molecular weight excluding hydrogens is 230 g/mol. The van der Waals surface area contributed by atoms with Crippen molar-refractivity contribution in [2.24, 2.45) is 5.73 Å². The van der Waals surface area contributed by atoms with E-state index < -0.39 is 6.09 Å². The molecule has 94 valence electrons. The van der Waals surface area contributed by atoms with Gasteiger partial charge in [-0.2, -0.15) is 0 Å². The number of nitrogens with one attached hydrogen (secondary N) is 1. The van der Waals surface area contributed by atoms with Crippen LogP contribution in [0, 0.1) is 0 Å². The topological polar surface area (TPSA) is 77.2 Å². The summed E-state index contributed by atoms with van der Waals surface area (Å²) in [6, 6.07) is 9.22. The van der Waals surface area contributed by atoms with Crippen LogP contribution in [0.2, 0.25) is 0 Å². The molecule has 0 aliphatic rings. The van der Waals surface area contributed by atoms with Gasteiger partial charge in [-0.3, -0.25) is 4.98 Å². The zero-order valence-corrected chi connectivity index (χ0v) is 9.93. The Kier molecular flexibility index (Phi) is 4.09. The fourth-order valence-electron chi connectivity index (χ4n) is 1.59. The van der Waals surface area contributed by atoms with Gasteiger partial charge in [0.1, 0.15) is 5.52 Å². The van der Waals surface area contributed by atoms with Crippen molar-refractivity contribution in [2.75, 3.05) is 13.1 Å². The highest BCUT2D eigenvalue weighted by molar-refractivity contribution is 5.86. The largest absolute Gasteiger partial charge is 0.412 e. The second-order valence-electron chi connectivity index (χ2n) is 3.79. The lowest BCUT2D eigenvalue weighted by Gasteiger charge is -2.07. The third-order valence-corrected chi connectivity index (χ3v) is 2.45. The van der Waals surface area contributed by atoms with E-state index >= 15 is 0 Å².